The van der Waals surface area contributed by atoms with Gasteiger partial charge < -0.3 is 5.32 Å². The van der Waals surface area contributed by atoms with Crippen LogP contribution in [0, 0.1) is 6.92 Å². The molecule has 2 heterocycles. The van der Waals surface area contributed by atoms with E-state index in [9.17, 15) is 9.59 Å². The number of hydrogen-bond acceptors (Lipinski definition) is 6. The first kappa shape index (κ1) is 18.9. The minimum absolute atomic E-state index is 0.0161. The Hall–Kier alpha value is -2.45. The summed E-state index contributed by atoms with van der Waals surface area (Å²) in [5.74, 6) is 0.0335. The van der Waals surface area contributed by atoms with Crippen molar-refractivity contribution in [1.29, 1.82) is 0 Å². The number of ketones is 1. The smallest absolute Gasteiger partial charge is 0.235 e. The fourth-order valence-corrected chi connectivity index (χ4v) is 5.19. The summed E-state index contributed by atoms with van der Waals surface area (Å²) in [5, 5.41) is 10.7. The molecule has 3 aromatic rings. The van der Waals surface area contributed by atoms with Gasteiger partial charge in [-0.2, -0.15) is 5.10 Å². The van der Waals surface area contributed by atoms with Crippen LogP contribution in [0.1, 0.15) is 44.8 Å². The molecule has 0 aliphatic heterocycles. The first-order chi connectivity index (χ1) is 13.6. The topological polar surface area (TPSA) is 87.7 Å². The van der Waals surface area contributed by atoms with E-state index in [0.29, 0.717) is 21.3 Å². The van der Waals surface area contributed by atoms with Gasteiger partial charge in [0.05, 0.1) is 11.3 Å². The lowest BCUT2D eigenvalue weighted by Gasteiger charge is -2.13. The molecule has 1 aromatic carbocycles. The van der Waals surface area contributed by atoms with Gasteiger partial charge in [-0.3, -0.25) is 14.7 Å². The third-order valence-corrected chi connectivity index (χ3v) is 6.78. The molecular weight excluding hydrogens is 392 g/mol. The van der Waals surface area contributed by atoms with Crippen molar-refractivity contribution in [3.05, 3.63) is 57.7 Å². The van der Waals surface area contributed by atoms with Crippen LogP contribution in [0.3, 0.4) is 0 Å². The number of nitrogens with zero attached hydrogens (tertiary/aromatic N) is 2. The van der Waals surface area contributed by atoms with E-state index >= 15 is 0 Å². The minimum Gasteiger partial charge on any atom is -0.316 e. The number of hydrogen-bond donors (Lipinski definition) is 2. The van der Waals surface area contributed by atoms with Crippen molar-refractivity contribution in [3.63, 3.8) is 0 Å². The van der Waals surface area contributed by atoms with Crippen molar-refractivity contribution in [1.82, 2.24) is 15.2 Å². The summed E-state index contributed by atoms with van der Waals surface area (Å²) in [4.78, 5) is 31.0. The number of aromatic amines is 1. The highest BCUT2D eigenvalue weighted by atomic mass is 32.2. The number of H-pyrrole nitrogens is 1. The molecule has 0 radical (unpaired) electrons. The van der Waals surface area contributed by atoms with E-state index in [-0.39, 0.29) is 17.4 Å². The van der Waals surface area contributed by atoms with Crippen LogP contribution in [0.5, 0.6) is 0 Å². The molecule has 8 heteroatoms. The number of carbonyl (C=O) groups is 2. The van der Waals surface area contributed by atoms with Crippen molar-refractivity contribution >= 4 is 39.8 Å². The van der Waals surface area contributed by atoms with Gasteiger partial charge in [0.25, 0.3) is 0 Å². The summed E-state index contributed by atoms with van der Waals surface area (Å²) < 4.78 is 0. The van der Waals surface area contributed by atoms with Crippen molar-refractivity contribution in [2.24, 2.45) is 0 Å². The number of carbonyl (C=O) groups excluding carboxylic acids is 2. The molecule has 1 aliphatic rings. The maximum Gasteiger partial charge on any atom is 0.235 e. The standard InChI is InChI=1S/C20H20N4O2S2/c1-12-6-8-13(9-7-12)18(26)17-14-4-2-3-5-15(14)28-19(17)23-16(25)10-27-20-21-11-22-24-20/h6-9,11H,2-5,10H2,1H3,(H,23,25)(H,21,22,24). The van der Waals surface area contributed by atoms with Gasteiger partial charge in [0.1, 0.15) is 11.3 Å². The third-order valence-electron chi connectivity index (χ3n) is 4.70. The average Bonchev–Trinajstić information content (AvgIpc) is 3.34. The normalized spacial score (nSPS) is 13.2. The number of thioether (sulfide) groups is 1. The zero-order chi connectivity index (χ0) is 19.5. The largest absolute Gasteiger partial charge is 0.316 e. The monoisotopic (exact) mass is 412 g/mol. The van der Waals surface area contributed by atoms with Crippen LogP contribution in [-0.4, -0.2) is 32.6 Å². The van der Waals surface area contributed by atoms with Crippen LogP contribution in [0.4, 0.5) is 5.00 Å². The molecule has 1 aliphatic carbocycles. The van der Waals surface area contributed by atoms with Crippen molar-refractivity contribution < 1.29 is 9.59 Å². The van der Waals surface area contributed by atoms with Crippen molar-refractivity contribution in [2.75, 3.05) is 11.1 Å². The van der Waals surface area contributed by atoms with Gasteiger partial charge in [0.15, 0.2) is 10.9 Å². The number of thiophene rings is 1. The van der Waals surface area contributed by atoms with E-state index in [4.69, 9.17) is 0 Å². The molecule has 1 amide bonds. The Morgan fingerprint density at radius 3 is 2.75 bits per heavy atom. The Balaban J connectivity index is 1.59. The van der Waals surface area contributed by atoms with E-state index in [1.165, 1.54) is 23.0 Å². The highest BCUT2D eigenvalue weighted by molar-refractivity contribution is 7.99. The van der Waals surface area contributed by atoms with E-state index in [1.807, 2.05) is 31.2 Å². The minimum atomic E-state index is -0.155. The lowest BCUT2D eigenvalue weighted by molar-refractivity contribution is -0.113. The fraction of sp³-hybridized carbons (Fsp3) is 0.300. The fourth-order valence-electron chi connectivity index (χ4n) is 3.30. The molecule has 144 valence electrons. The van der Waals surface area contributed by atoms with Crippen LogP contribution in [0.25, 0.3) is 0 Å². The van der Waals surface area contributed by atoms with Crippen LogP contribution < -0.4 is 5.32 Å². The maximum atomic E-state index is 13.3. The Kier molecular flexibility index (Phi) is 5.59. The summed E-state index contributed by atoms with van der Waals surface area (Å²) >= 11 is 2.82. The zero-order valence-electron chi connectivity index (χ0n) is 15.4. The predicted octanol–water partition coefficient (Wildman–Crippen LogP) is 4.02. The third kappa shape index (κ3) is 4.02. The lowest BCUT2D eigenvalue weighted by Crippen LogP contribution is -2.16. The molecule has 0 saturated heterocycles. The van der Waals surface area contributed by atoms with Gasteiger partial charge >= 0.3 is 0 Å². The number of amides is 1. The number of fused-ring (bicyclic) bond motifs is 1. The average molecular weight is 413 g/mol. The second-order valence-corrected chi connectivity index (χ2v) is 8.81. The second kappa shape index (κ2) is 8.28. The van der Waals surface area contributed by atoms with Crippen LogP contribution in [0.2, 0.25) is 0 Å². The molecule has 6 nitrogen and oxygen atoms in total. The molecule has 0 saturated carbocycles. The van der Waals surface area contributed by atoms with Crippen LogP contribution in [0.15, 0.2) is 35.7 Å². The van der Waals surface area contributed by atoms with Gasteiger partial charge in [-0.1, -0.05) is 41.6 Å². The molecule has 0 bridgehead atoms. The van der Waals surface area contributed by atoms with Gasteiger partial charge in [-0.25, -0.2) is 4.98 Å². The van der Waals surface area contributed by atoms with Gasteiger partial charge in [0, 0.05) is 10.4 Å². The van der Waals surface area contributed by atoms with E-state index in [0.717, 1.165) is 36.8 Å². The Labute approximate surface area is 171 Å². The zero-order valence-corrected chi connectivity index (χ0v) is 17.1. The van der Waals surface area contributed by atoms with Gasteiger partial charge in [0.2, 0.25) is 5.91 Å². The number of aryl methyl sites for hydroxylation is 2. The molecule has 28 heavy (non-hydrogen) atoms. The summed E-state index contributed by atoms with van der Waals surface area (Å²) in [7, 11) is 0. The summed E-state index contributed by atoms with van der Waals surface area (Å²) in [6, 6.07) is 7.60. The van der Waals surface area contributed by atoms with Crippen LogP contribution >= 0.6 is 23.1 Å². The maximum absolute atomic E-state index is 13.3. The molecule has 0 fully saturated rings. The second-order valence-electron chi connectivity index (χ2n) is 6.74. The van der Waals surface area contributed by atoms with Crippen LogP contribution in [-0.2, 0) is 17.6 Å². The van der Waals surface area contributed by atoms with E-state index in [1.54, 1.807) is 11.3 Å². The highest BCUT2D eigenvalue weighted by Crippen LogP contribution is 2.39. The molecule has 0 atom stereocenters. The van der Waals surface area contributed by atoms with E-state index < -0.39 is 0 Å². The predicted molar refractivity (Wildman–Crippen MR) is 111 cm³/mol. The molecule has 0 unspecified atom stereocenters. The number of nitrogens with one attached hydrogen (secondary N) is 2. The highest BCUT2D eigenvalue weighted by Gasteiger charge is 2.27. The summed E-state index contributed by atoms with van der Waals surface area (Å²) in [6.45, 7) is 2.00. The first-order valence-electron chi connectivity index (χ1n) is 9.15. The molecule has 0 spiro atoms. The number of rotatable bonds is 6. The summed E-state index contributed by atoms with van der Waals surface area (Å²) in [5.41, 5.74) is 3.55. The van der Waals surface area contributed by atoms with E-state index in [2.05, 4.69) is 20.5 Å². The van der Waals surface area contributed by atoms with Gasteiger partial charge in [-0.05, 0) is 38.2 Å². The number of anilines is 1. The number of aromatic nitrogens is 3. The summed E-state index contributed by atoms with van der Waals surface area (Å²) in [6.07, 6.45) is 5.47. The van der Waals surface area contributed by atoms with Gasteiger partial charge in [-0.15, -0.1) is 11.3 Å². The first-order valence-corrected chi connectivity index (χ1v) is 11.0. The quantitative estimate of drug-likeness (QED) is 0.472. The SMILES string of the molecule is Cc1ccc(C(=O)c2c(NC(=O)CSc3ncn[nH]3)sc3c2CCCC3)cc1. The molecular formula is C20H20N4O2S2. The Morgan fingerprint density at radius 2 is 2.00 bits per heavy atom. The number of benzene rings is 1. The van der Waals surface area contributed by atoms with Crippen molar-refractivity contribution in [3.8, 4) is 0 Å². The molecule has 4 rings (SSSR count). The lowest BCUT2D eigenvalue weighted by atomic mass is 9.91. The molecule has 2 N–H and O–H groups in total. The molecule has 2 aromatic heterocycles. The Bertz CT molecular complexity index is 994. The Morgan fingerprint density at radius 1 is 1.21 bits per heavy atom. The van der Waals surface area contributed by atoms with Crippen molar-refractivity contribution in [2.45, 2.75) is 37.8 Å².